The maximum absolute atomic E-state index is 12.3. The monoisotopic (exact) mass is 286 g/mol. The molecule has 1 fully saturated rings. The van der Waals surface area contributed by atoms with E-state index < -0.39 is 6.10 Å². The molecule has 5 nitrogen and oxygen atoms in total. The van der Waals surface area contributed by atoms with Crippen molar-refractivity contribution in [2.45, 2.75) is 25.5 Å². The van der Waals surface area contributed by atoms with E-state index in [4.69, 9.17) is 4.74 Å². The van der Waals surface area contributed by atoms with Crippen LogP contribution in [0.1, 0.15) is 18.5 Å². The Morgan fingerprint density at radius 3 is 2.86 bits per heavy atom. The Balaban J connectivity index is 1.77. The van der Waals surface area contributed by atoms with Crippen molar-refractivity contribution in [1.29, 1.82) is 0 Å². The second-order valence-electron chi connectivity index (χ2n) is 5.46. The predicted molar refractivity (Wildman–Crippen MR) is 78.5 cm³/mol. The smallest absolute Gasteiger partial charge is 0.306 e. The molecule has 0 aliphatic carbocycles. The molecule has 1 aliphatic rings. The fourth-order valence-electron chi connectivity index (χ4n) is 2.76. The Kier molecular flexibility index (Phi) is 3.41. The summed E-state index contributed by atoms with van der Waals surface area (Å²) in [5.74, 6) is -0.419. The summed E-state index contributed by atoms with van der Waals surface area (Å²) in [4.78, 5) is 25.0. The highest BCUT2D eigenvalue weighted by Crippen LogP contribution is 2.21. The minimum Gasteiger partial charge on any atom is -0.452 e. The van der Waals surface area contributed by atoms with Gasteiger partial charge in [-0.05, 0) is 17.5 Å². The molecule has 0 saturated carbocycles. The number of hydrogen-bond acceptors (Lipinski definition) is 3. The van der Waals surface area contributed by atoms with Crippen LogP contribution in [0.5, 0.6) is 0 Å². The van der Waals surface area contributed by atoms with Crippen molar-refractivity contribution >= 4 is 22.8 Å². The lowest BCUT2D eigenvalue weighted by molar-refractivity contribution is -0.152. The minimum atomic E-state index is -0.614. The summed E-state index contributed by atoms with van der Waals surface area (Å²) in [6.45, 7) is 0.498. The van der Waals surface area contributed by atoms with E-state index in [2.05, 4.69) is 22.8 Å². The van der Waals surface area contributed by atoms with Crippen LogP contribution in [0.4, 0.5) is 0 Å². The zero-order valence-electron chi connectivity index (χ0n) is 12.2. The Hall–Kier alpha value is -2.30. The van der Waals surface area contributed by atoms with E-state index in [1.165, 1.54) is 0 Å². The fourth-order valence-corrected chi connectivity index (χ4v) is 2.76. The van der Waals surface area contributed by atoms with Crippen LogP contribution in [0.3, 0.4) is 0 Å². The van der Waals surface area contributed by atoms with Crippen molar-refractivity contribution in [2.75, 3.05) is 7.05 Å². The lowest BCUT2D eigenvalue weighted by Gasteiger charge is -2.20. The number of cyclic esters (lactones) is 1. The molecule has 1 atom stereocenters. The van der Waals surface area contributed by atoms with Crippen molar-refractivity contribution in [2.24, 2.45) is 7.05 Å². The van der Waals surface area contributed by atoms with Crippen LogP contribution in [0.25, 0.3) is 10.9 Å². The number of ether oxygens (including phenoxy) is 1. The number of carbonyl (C=O) groups excluding carboxylic acids is 2. The average Bonchev–Trinajstić information content (AvgIpc) is 3.04. The maximum Gasteiger partial charge on any atom is 0.306 e. The molecule has 1 aromatic heterocycles. The van der Waals surface area contributed by atoms with Crippen LogP contribution in [0.2, 0.25) is 0 Å². The van der Waals surface area contributed by atoms with Crippen molar-refractivity contribution in [3.8, 4) is 0 Å². The third kappa shape index (κ3) is 2.51. The second kappa shape index (κ2) is 5.24. The summed E-state index contributed by atoms with van der Waals surface area (Å²) < 4.78 is 7.12. The molecule has 5 heteroatoms. The van der Waals surface area contributed by atoms with Crippen LogP contribution in [0, 0.1) is 0 Å². The van der Waals surface area contributed by atoms with Gasteiger partial charge in [-0.1, -0.05) is 18.2 Å². The van der Waals surface area contributed by atoms with E-state index in [1.807, 2.05) is 19.2 Å². The van der Waals surface area contributed by atoms with E-state index in [-0.39, 0.29) is 11.9 Å². The quantitative estimate of drug-likeness (QED) is 0.809. The molecule has 0 spiro atoms. The number of benzene rings is 1. The number of aromatic nitrogens is 1. The zero-order valence-corrected chi connectivity index (χ0v) is 12.2. The van der Waals surface area contributed by atoms with Gasteiger partial charge >= 0.3 is 5.97 Å². The van der Waals surface area contributed by atoms with Gasteiger partial charge in [0.2, 0.25) is 0 Å². The van der Waals surface area contributed by atoms with Gasteiger partial charge in [-0.25, -0.2) is 0 Å². The Bertz CT molecular complexity index is 705. The van der Waals surface area contributed by atoms with E-state index in [0.29, 0.717) is 19.4 Å². The van der Waals surface area contributed by atoms with E-state index in [9.17, 15) is 9.59 Å². The Morgan fingerprint density at radius 2 is 2.19 bits per heavy atom. The number of aryl methyl sites for hydroxylation is 1. The Labute approximate surface area is 123 Å². The number of rotatable bonds is 3. The van der Waals surface area contributed by atoms with Crippen LogP contribution in [-0.2, 0) is 27.9 Å². The molecule has 2 heterocycles. The highest BCUT2D eigenvalue weighted by atomic mass is 16.6. The third-order valence-corrected chi connectivity index (χ3v) is 3.99. The first-order chi connectivity index (χ1) is 10.1. The zero-order chi connectivity index (χ0) is 15.0. The number of likely N-dealkylation sites (N-methyl/N-ethyl adjacent to an activating group) is 1. The first-order valence-electron chi connectivity index (χ1n) is 7.04. The number of para-hydroxylation sites is 1. The largest absolute Gasteiger partial charge is 0.452 e. The molecule has 1 aromatic carbocycles. The SMILES string of the molecule is CN(Cc1cc2ccccc2n1C)C(=O)[C@@H]1CCC(=O)O1. The van der Waals surface area contributed by atoms with Gasteiger partial charge in [-0.2, -0.15) is 0 Å². The summed E-state index contributed by atoms with van der Waals surface area (Å²) in [6.07, 6.45) is 0.201. The highest BCUT2D eigenvalue weighted by Gasteiger charge is 2.32. The fraction of sp³-hybridized carbons (Fsp3) is 0.375. The van der Waals surface area contributed by atoms with Gasteiger partial charge in [-0.3, -0.25) is 9.59 Å². The van der Waals surface area contributed by atoms with Crippen LogP contribution < -0.4 is 0 Å². The first-order valence-corrected chi connectivity index (χ1v) is 7.04. The molecular weight excluding hydrogens is 268 g/mol. The van der Waals surface area contributed by atoms with Gasteiger partial charge < -0.3 is 14.2 Å². The van der Waals surface area contributed by atoms with Crippen LogP contribution >= 0.6 is 0 Å². The normalized spacial score (nSPS) is 18.0. The number of hydrogen-bond donors (Lipinski definition) is 0. The molecule has 21 heavy (non-hydrogen) atoms. The molecule has 1 amide bonds. The lowest BCUT2D eigenvalue weighted by Crippen LogP contribution is -2.36. The first kappa shape index (κ1) is 13.7. The molecule has 110 valence electrons. The molecule has 0 N–H and O–H groups in total. The molecule has 0 radical (unpaired) electrons. The van der Waals surface area contributed by atoms with Gasteiger partial charge in [0.1, 0.15) is 0 Å². The summed E-state index contributed by atoms with van der Waals surface area (Å²) in [7, 11) is 3.73. The number of fused-ring (bicyclic) bond motifs is 1. The summed E-state index contributed by atoms with van der Waals surface area (Å²) in [5, 5.41) is 1.16. The van der Waals surface area contributed by atoms with Crippen LogP contribution in [0.15, 0.2) is 30.3 Å². The van der Waals surface area contributed by atoms with Gasteiger partial charge in [0.25, 0.3) is 5.91 Å². The standard InChI is InChI=1S/C16H18N2O3/c1-17(16(20)14-7-8-15(19)21-14)10-12-9-11-5-3-4-6-13(11)18(12)2/h3-6,9,14H,7-8,10H2,1-2H3/t14-/m0/s1. The number of nitrogens with zero attached hydrogens (tertiary/aromatic N) is 2. The van der Waals surface area contributed by atoms with Crippen molar-refractivity contribution in [1.82, 2.24) is 9.47 Å². The molecule has 0 bridgehead atoms. The van der Waals surface area contributed by atoms with E-state index >= 15 is 0 Å². The van der Waals surface area contributed by atoms with Crippen molar-refractivity contribution < 1.29 is 14.3 Å². The summed E-state index contributed by atoms with van der Waals surface area (Å²) in [6, 6.07) is 10.2. The number of esters is 1. The van der Waals surface area contributed by atoms with Gasteiger partial charge in [0.05, 0.1) is 6.54 Å². The predicted octanol–water partition coefficient (Wildman–Crippen LogP) is 1.84. The van der Waals surface area contributed by atoms with Crippen molar-refractivity contribution in [3.63, 3.8) is 0 Å². The van der Waals surface area contributed by atoms with Gasteiger partial charge in [0, 0.05) is 38.1 Å². The second-order valence-corrected chi connectivity index (χ2v) is 5.46. The lowest BCUT2D eigenvalue weighted by atomic mass is 10.2. The average molecular weight is 286 g/mol. The Morgan fingerprint density at radius 1 is 1.43 bits per heavy atom. The molecule has 1 saturated heterocycles. The minimum absolute atomic E-state index is 0.133. The molecule has 0 unspecified atom stereocenters. The van der Waals surface area contributed by atoms with Crippen molar-refractivity contribution in [3.05, 3.63) is 36.0 Å². The van der Waals surface area contributed by atoms with Gasteiger partial charge in [0.15, 0.2) is 6.10 Å². The molecular formula is C16H18N2O3. The third-order valence-electron chi connectivity index (χ3n) is 3.99. The summed E-state index contributed by atoms with van der Waals surface area (Å²) >= 11 is 0. The number of amides is 1. The van der Waals surface area contributed by atoms with Gasteiger partial charge in [-0.15, -0.1) is 0 Å². The molecule has 3 rings (SSSR count). The van der Waals surface area contributed by atoms with Crippen LogP contribution in [-0.4, -0.2) is 34.5 Å². The topological polar surface area (TPSA) is 51.5 Å². The maximum atomic E-state index is 12.3. The summed E-state index contributed by atoms with van der Waals surface area (Å²) in [5.41, 5.74) is 2.19. The van der Waals surface area contributed by atoms with E-state index in [1.54, 1.807) is 11.9 Å². The molecule has 2 aromatic rings. The van der Waals surface area contributed by atoms with E-state index in [0.717, 1.165) is 16.6 Å². The number of carbonyl (C=O) groups is 2. The highest BCUT2D eigenvalue weighted by molar-refractivity contribution is 5.86. The molecule has 1 aliphatic heterocycles.